The van der Waals surface area contributed by atoms with Gasteiger partial charge in [-0.3, -0.25) is 9.78 Å². The fourth-order valence-electron chi connectivity index (χ4n) is 4.79. The van der Waals surface area contributed by atoms with Crippen molar-refractivity contribution < 1.29 is 13.9 Å². The van der Waals surface area contributed by atoms with E-state index in [1.54, 1.807) is 6.07 Å². The molecule has 1 aliphatic rings. The van der Waals surface area contributed by atoms with Gasteiger partial charge in [0.25, 0.3) is 5.91 Å². The minimum atomic E-state index is -0.711. The second kappa shape index (κ2) is 11.2. The van der Waals surface area contributed by atoms with Crippen LogP contribution in [0.2, 0.25) is 0 Å². The van der Waals surface area contributed by atoms with Crippen LogP contribution in [0.15, 0.2) is 47.8 Å². The van der Waals surface area contributed by atoms with Crippen molar-refractivity contribution in [2.45, 2.75) is 53.4 Å². The number of halogens is 1. The molecule has 8 heteroatoms. The van der Waals surface area contributed by atoms with E-state index >= 15 is 0 Å². The Morgan fingerprint density at radius 3 is 2.54 bits per heavy atom. The molecule has 1 aromatic carbocycles. The Bertz CT molecular complexity index is 1300. The molecule has 7 nitrogen and oxygen atoms in total. The van der Waals surface area contributed by atoms with Crippen LogP contribution < -0.4 is 9.64 Å². The van der Waals surface area contributed by atoms with E-state index in [0.29, 0.717) is 24.6 Å². The summed E-state index contributed by atoms with van der Waals surface area (Å²) in [7, 11) is 0. The third-order valence-corrected chi connectivity index (χ3v) is 7.11. The maximum atomic E-state index is 13.4. The average molecular weight is 505 g/mol. The molecule has 3 aromatic rings. The largest absolute Gasteiger partial charge is 0.477 e. The van der Waals surface area contributed by atoms with E-state index in [1.165, 1.54) is 12.1 Å². The minimum absolute atomic E-state index is 0.0842. The second-order valence-corrected chi connectivity index (χ2v) is 10.4. The van der Waals surface area contributed by atoms with Crippen molar-refractivity contribution >= 4 is 11.6 Å². The number of piperidine rings is 1. The summed E-state index contributed by atoms with van der Waals surface area (Å²) in [6.07, 6.45) is 4.34. The normalized spacial score (nSPS) is 14.9. The third-order valence-electron chi connectivity index (χ3n) is 7.11. The predicted octanol–water partition coefficient (Wildman–Crippen LogP) is 5.98. The van der Waals surface area contributed by atoms with Gasteiger partial charge in [-0.05, 0) is 55.9 Å². The van der Waals surface area contributed by atoms with Gasteiger partial charge in [-0.2, -0.15) is 0 Å². The van der Waals surface area contributed by atoms with Crippen molar-refractivity contribution in [1.82, 2.24) is 9.97 Å². The number of hydrogen-bond donors (Lipinski definition) is 0. The van der Waals surface area contributed by atoms with Gasteiger partial charge in [0.1, 0.15) is 5.82 Å². The number of benzene rings is 1. The molecule has 0 unspecified atom stereocenters. The number of nitroso groups, excluding NO2 is 1. The Morgan fingerprint density at radius 2 is 1.86 bits per heavy atom. The van der Waals surface area contributed by atoms with Crippen LogP contribution in [0.4, 0.5) is 10.1 Å². The fraction of sp³-hybridized carbons (Fsp3) is 0.414. The molecule has 0 aliphatic carbocycles. The van der Waals surface area contributed by atoms with E-state index in [9.17, 15) is 14.1 Å². The molecule has 0 radical (unpaired) electrons. The Morgan fingerprint density at radius 1 is 1.11 bits per heavy atom. The number of carbonyl (C=O) groups excluding carboxylic acids is 1. The molecule has 1 aliphatic heterocycles. The van der Waals surface area contributed by atoms with Gasteiger partial charge in [-0.1, -0.05) is 26.0 Å². The molecule has 0 N–H and O–H groups in total. The van der Waals surface area contributed by atoms with Gasteiger partial charge in [0.05, 0.1) is 18.7 Å². The van der Waals surface area contributed by atoms with Gasteiger partial charge in [-0.15, -0.1) is 4.91 Å². The van der Waals surface area contributed by atoms with Crippen molar-refractivity contribution in [3.63, 3.8) is 0 Å². The zero-order valence-corrected chi connectivity index (χ0v) is 21.9. The van der Waals surface area contributed by atoms with E-state index in [4.69, 9.17) is 4.74 Å². The lowest BCUT2D eigenvalue weighted by molar-refractivity contribution is -0.117. The SMILES string of the molecule is Cc1nc(OCCc2cccc(F)c2)ccc1-c1cnc(C)c(CC(=O)N=O)c1N1CCC(C)(C)CC1. The van der Waals surface area contributed by atoms with Crippen molar-refractivity contribution in [3.8, 4) is 17.0 Å². The van der Waals surface area contributed by atoms with Crippen LogP contribution in [-0.4, -0.2) is 35.6 Å². The molecular formula is C29H33FN4O3. The first-order valence-corrected chi connectivity index (χ1v) is 12.6. The lowest BCUT2D eigenvalue weighted by atomic mass is 9.82. The van der Waals surface area contributed by atoms with Crippen LogP contribution in [0.25, 0.3) is 11.1 Å². The molecule has 0 bridgehead atoms. The molecule has 1 fully saturated rings. The zero-order valence-electron chi connectivity index (χ0n) is 21.9. The minimum Gasteiger partial charge on any atom is -0.477 e. The number of amides is 1. The maximum absolute atomic E-state index is 13.4. The lowest BCUT2D eigenvalue weighted by Crippen LogP contribution is -2.38. The Labute approximate surface area is 217 Å². The third kappa shape index (κ3) is 6.37. The second-order valence-electron chi connectivity index (χ2n) is 10.4. The maximum Gasteiger partial charge on any atom is 0.290 e. The van der Waals surface area contributed by atoms with Crippen molar-refractivity contribution in [3.05, 3.63) is 75.8 Å². The molecular weight excluding hydrogens is 471 g/mol. The number of anilines is 1. The summed E-state index contributed by atoms with van der Waals surface area (Å²) in [5.41, 5.74) is 6.00. The quantitative estimate of drug-likeness (QED) is 0.351. The summed E-state index contributed by atoms with van der Waals surface area (Å²) in [6.45, 7) is 10.4. The predicted molar refractivity (Wildman–Crippen MR) is 142 cm³/mol. The number of aromatic nitrogens is 2. The molecule has 194 valence electrons. The summed E-state index contributed by atoms with van der Waals surface area (Å²) in [4.78, 5) is 34.6. The van der Waals surface area contributed by atoms with Crippen LogP contribution in [0.5, 0.6) is 5.88 Å². The highest BCUT2D eigenvalue weighted by Gasteiger charge is 2.29. The van der Waals surface area contributed by atoms with Gasteiger partial charge in [0.15, 0.2) is 0 Å². The highest BCUT2D eigenvalue weighted by molar-refractivity contribution is 5.87. The molecule has 4 rings (SSSR count). The van der Waals surface area contributed by atoms with Crippen LogP contribution in [0.3, 0.4) is 0 Å². The molecule has 37 heavy (non-hydrogen) atoms. The average Bonchev–Trinajstić information content (AvgIpc) is 2.86. The topological polar surface area (TPSA) is 84.7 Å². The standard InChI is InChI=1S/C29H33FN4O3/c1-19-24(17-26(35)33-36)28(34-13-11-29(3,4)12-14-34)25(18-31-19)23-8-9-27(32-20(23)2)37-15-10-21-6-5-7-22(30)16-21/h5-9,16,18H,10-15,17H2,1-4H3. The van der Waals surface area contributed by atoms with Crippen LogP contribution in [0, 0.1) is 30.0 Å². The first kappa shape index (κ1) is 26.4. The highest BCUT2D eigenvalue weighted by atomic mass is 19.1. The summed E-state index contributed by atoms with van der Waals surface area (Å²) >= 11 is 0. The summed E-state index contributed by atoms with van der Waals surface area (Å²) in [5.74, 6) is -0.488. The fourth-order valence-corrected chi connectivity index (χ4v) is 4.79. The molecule has 0 atom stereocenters. The molecule has 3 heterocycles. The smallest absolute Gasteiger partial charge is 0.290 e. The summed E-state index contributed by atoms with van der Waals surface area (Å²) in [5, 5.41) is 2.64. The Hall–Kier alpha value is -3.68. The number of carbonyl (C=O) groups is 1. The van der Waals surface area contributed by atoms with Crippen LogP contribution >= 0.6 is 0 Å². The number of aryl methyl sites for hydroxylation is 2. The van der Waals surface area contributed by atoms with Crippen molar-refractivity contribution in [2.75, 3.05) is 24.6 Å². The van der Waals surface area contributed by atoms with Crippen LogP contribution in [-0.2, 0) is 17.6 Å². The van der Waals surface area contributed by atoms with Gasteiger partial charge in [-0.25, -0.2) is 9.37 Å². The molecule has 1 amide bonds. The van der Waals surface area contributed by atoms with E-state index in [0.717, 1.165) is 59.6 Å². The first-order valence-electron chi connectivity index (χ1n) is 12.6. The molecule has 2 aromatic heterocycles. The Balaban J connectivity index is 1.63. The number of ether oxygens (including phenoxy) is 1. The molecule has 0 saturated carbocycles. The first-order chi connectivity index (χ1) is 17.7. The van der Waals surface area contributed by atoms with E-state index in [-0.39, 0.29) is 17.7 Å². The molecule has 1 saturated heterocycles. The zero-order chi connectivity index (χ0) is 26.6. The Kier molecular flexibility index (Phi) is 7.95. The van der Waals surface area contributed by atoms with E-state index < -0.39 is 5.91 Å². The van der Waals surface area contributed by atoms with Crippen LogP contribution in [0.1, 0.15) is 49.2 Å². The van der Waals surface area contributed by atoms with Crippen molar-refractivity contribution in [1.29, 1.82) is 0 Å². The van der Waals surface area contributed by atoms with Crippen molar-refractivity contribution in [2.24, 2.45) is 10.6 Å². The van der Waals surface area contributed by atoms with E-state index in [1.807, 2.05) is 38.2 Å². The molecule has 0 spiro atoms. The number of nitrogens with zero attached hydrogens (tertiary/aromatic N) is 4. The monoisotopic (exact) mass is 504 g/mol. The highest BCUT2D eigenvalue weighted by Crippen LogP contribution is 2.40. The number of hydrogen-bond acceptors (Lipinski definition) is 6. The number of pyridine rings is 2. The summed E-state index contributed by atoms with van der Waals surface area (Å²) in [6, 6.07) is 10.2. The van der Waals surface area contributed by atoms with Gasteiger partial charge in [0, 0.05) is 65.0 Å². The van der Waals surface area contributed by atoms with Gasteiger partial charge >= 0.3 is 0 Å². The van der Waals surface area contributed by atoms with Gasteiger partial charge < -0.3 is 9.64 Å². The summed E-state index contributed by atoms with van der Waals surface area (Å²) < 4.78 is 19.3. The van der Waals surface area contributed by atoms with E-state index in [2.05, 4.69) is 33.9 Å². The lowest BCUT2D eigenvalue weighted by Gasteiger charge is -2.40. The van der Waals surface area contributed by atoms with Gasteiger partial charge in [0.2, 0.25) is 5.88 Å². The number of rotatable bonds is 8.